The molecule has 4 aliphatic rings. The summed E-state index contributed by atoms with van der Waals surface area (Å²) in [5.41, 5.74) is 1.28. The van der Waals surface area contributed by atoms with Crippen molar-refractivity contribution in [3.8, 4) is 0 Å². The van der Waals surface area contributed by atoms with E-state index in [9.17, 15) is 0 Å². The molecule has 0 amide bonds. The van der Waals surface area contributed by atoms with Crippen molar-refractivity contribution in [2.45, 2.75) is 38.5 Å². The summed E-state index contributed by atoms with van der Waals surface area (Å²) in [6.45, 7) is 1.16. The Labute approximate surface area is 116 Å². The summed E-state index contributed by atoms with van der Waals surface area (Å²) in [4.78, 5) is 0. The van der Waals surface area contributed by atoms with Crippen LogP contribution in [0.25, 0.3) is 0 Å². The number of benzene rings is 1. The van der Waals surface area contributed by atoms with Crippen LogP contribution in [-0.2, 0) is 0 Å². The lowest BCUT2D eigenvalue weighted by Gasteiger charge is -2.54. The van der Waals surface area contributed by atoms with Gasteiger partial charge in [0.1, 0.15) is 0 Å². The third-order valence-corrected chi connectivity index (χ3v) is 6.00. The van der Waals surface area contributed by atoms with Crippen LogP contribution in [0.15, 0.2) is 30.3 Å². The number of nitrogens with one attached hydrogen (secondary N) is 1. The summed E-state index contributed by atoms with van der Waals surface area (Å²) in [6.07, 6.45) is 9.20. The molecule has 4 bridgehead atoms. The van der Waals surface area contributed by atoms with Gasteiger partial charge in [0.05, 0.1) is 0 Å². The normalized spacial score (nSPS) is 39.5. The van der Waals surface area contributed by atoms with E-state index in [1.165, 1.54) is 12.1 Å². The predicted molar refractivity (Wildman–Crippen MR) is 80.1 cm³/mol. The van der Waals surface area contributed by atoms with E-state index in [-0.39, 0.29) is 0 Å². The van der Waals surface area contributed by atoms with Crippen molar-refractivity contribution < 1.29 is 0 Å². The average molecular weight is 255 g/mol. The molecule has 4 fully saturated rings. The Morgan fingerprint density at radius 3 is 2.11 bits per heavy atom. The van der Waals surface area contributed by atoms with Crippen molar-refractivity contribution in [3.63, 3.8) is 0 Å². The van der Waals surface area contributed by atoms with Crippen LogP contribution in [0.1, 0.15) is 38.5 Å². The Balaban J connectivity index is 1.34. The number of para-hydroxylation sites is 1. The van der Waals surface area contributed by atoms with Gasteiger partial charge in [-0.2, -0.15) is 0 Å². The number of rotatable bonds is 4. The van der Waals surface area contributed by atoms with Crippen molar-refractivity contribution in [2.24, 2.45) is 29.6 Å². The first kappa shape index (κ1) is 11.8. The molecule has 19 heavy (non-hydrogen) atoms. The molecule has 4 saturated carbocycles. The number of anilines is 1. The van der Waals surface area contributed by atoms with E-state index in [0.29, 0.717) is 0 Å². The lowest BCUT2D eigenvalue weighted by Crippen LogP contribution is -2.45. The molecule has 0 radical (unpaired) electrons. The van der Waals surface area contributed by atoms with E-state index in [4.69, 9.17) is 0 Å². The standard InChI is InChI=1S/C18H25N/c1-2-4-17(5-3-1)19-7-6-18-15-9-13-8-14(11-15)12-16(18)10-13/h1-5,13-16,18-19H,6-12H2. The van der Waals surface area contributed by atoms with Crippen LogP contribution in [-0.4, -0.2) is 6.54 Å². The molecule has 5 rings (SSSR count). The van der Waals surface area contributed by atoms with E-state index >= 15 is 0 Å². The molecule has 0 aromatic heterocycles. The van der Waals surface area contributed by atoms with Crippen LogP contribution in [0.2, 0.25) is 0 Å². The molecule has 0 aliphatic heterocycles. The van der Waals surface area contributed by atoms with Crippen molar-refractivity contribution in [1.29, 1.82) is 0 Å². The fraction of sp³-hybridized carbons (Fsp3) is 0.667. The van der Waals surface area contributed by atoms with Gasteiger partial charge in [-0.15, -0.1) is 0 Å². The van der Waals surface area contributed by atoms with Crippen LogP contribution in [0.5, 0.6) is 0 Å². The Morgan fingerprint density at radius 1 is 0.842 bits per heavy atom. The third kappa shape index (κ3) is 2.28. The molecule has 0 spiro atoms. The highest BCUT2D eigenvalue weighted by Gasteiger charge is 2.47. The maximum absolute atomic E-state index is 3.60. The topological polar surface area (TPSA) is 12.0 Å². The summed E-state index contributed by atoms with van der Waals surface area (Å²) in [7, 11) is 0. The summed E-state index contributed by atoms with van der Waals surface area (Å²) in [5, 5.41) is 3.60. The van der Waals surface area contributed by atoms with Crippen molar-refractivity contribution in [2.75, 3.05) is 11.9 Å². The monoisotopic (exact) mass is 255 g/mol. The molecule has 0 atom stereocenters. The van der Waals surface area contributed by atoms with Gasteiger partial charge in [0, 0.05) is 12.2 Å². The second-order valence-corrected chi connectivity index (χ2v) is 7.18. The number of hydrogen-bond acceptors (Lipinski definition) is 1. The summed E-state index contributed by atoms with van der Waals surface area (Å²) in [6, 6.07) is 10.7. The fourth-order valence-corrected chi connectivity index (χ4v) is 5.45. The van der Waals surface area contributed by atoms with Crippen molar-refractivity contribution >= 4 is 5.69 Å². The van der Waals surface area contributed by atoms with Crippen molar-refractivity contribution in [3.05, 3.63) is 30.3 Å². The minimum absolute atomic E-state index is 1.03. The SMILES string of the molecule is c1ccc(NCCC2C3CC4CC(C3)CC2C4)cc1. The van der Waals surface area contributed by atoms with Gasteiger partial charge in [-0.25, -0.2) is 0 Å². The van der Waals surface area contributed by atoms with Crippen LogP contribution >= 0.6 is 0 Å². The molecule has 102 valence electrons. The second kappa shape index (κ2) is 4.85. The van der Waals surface area contributed by atoms with Crippen LogP contribution in [0.3, 0.4) is 0 Å². The van der Waals surface area contributed by atoms with Crippen LogP contribution in [0.4, 0.5) is 5.69 Å². The zero-order valence-electron chi connectivity index (χ0n) is 11.7. The minimum atomic E-state index is 1.03. The highest BCUT2D eigenvalue weighted by Crippen LogP contribution is 2.57. The smallest absolute Gasteiger partial charge is 0.0340 e. The van der Waals surface area contributed by atoms with Gasteiger partial charge in [-0.3, -0.25) is 0 Å². The first-order valence-electron chi connectivity index (χ1n) is 8.17. The molecule has 1 aromatic rings. The molecular formula is C18H25N. The highest BCUT2D eigenvalue weighted by molar-refractivity contribution is 5.42. The van der Waals surface area contributed by atoms with Gasteiger partial charge < -0.3 is 5.32 Å². The van der Waals surface area contributed by atoms with Gasteiger partial charge in [-0.1, -0.05) is 18.2 Å². The van der Waals surface area contributed by atoms with Gasteiger partial charge in [-0.05, 0) is 80.2 Å². The Bertz CT molecular complexity index is 397. The predicted octanol–water partition coefficient (Wildman–Crippen LogP) is 4.56. The Kier molecular flexibility index (Phi) is 3.01. The zero-order chi connectivity index (χ0) is 12.7. The van der Waals surface area contributed by atoms with Gasteiger partial charge in [0.15, 0.2) is 0 Å². The zero-order valence-corrected chi connectivity index (χ0v) is 11.7. The molecule has 0 saturated heterocycles. The molecule has 0 heterocycles. The summed E-state index contributed by atoms with van der Waals surface area (Å²) >= 11 is 0. The van der Waals surface area contributed by atoms with Crippen molar-refractivity contribution in [1.82, 2.24) is 0 Å². The first-order valence-corrected chi connectivity index (χ1v) is 8.17. The quantitative estimate of drug-likeness (QED) is 0.831. The molecule has 1 N–H and O–H groups in total. The fourth-order valence-electron chi connectivity index (χ4n) is 5.45. The van der Waals surface area contributed by atoms with E-state index in [0.717, 1.165) is 36.1 Å². The number of hydrogen-bond donors (Lipinski definition) is 1. The summed E-state index contributed by atoms with van der Waals surface area (Å²) in [5.74, 6) is 5.41. The molecule has 1 aromatic carbocycles. The Hall–Kier alpha value is -0.980. The van der Waals surface area contributed by atoms with E-state index in [2.05, 4.69) is 35.6 Å². The first-order chi connectivity index (χ1) is 9.38. The van der Waals surface area contributed by atoms with Gasteiger partial charge >= 0.3 is 0 Å². The maximum Gasteiger partial charge on any atom is 0.0340 e. The molecule has 1 nitrogen and oxygen atoms in total. The second-order valence-electron chi connectivity index (χ2n) is 7.18. The lowest BCUT2D eigenvalue weighted by molar-refractivity contribution is -0.0381. The van der Waals surface area contributed by atoms with Crippen LogP contribution in [0, 0.1) is 29.6 Å². The molecule has 4 aliphatic carbocycles. The van der Waals surface area contributed by atoms with E-state index in [1.54, 1.807) is 32.1 Å². The Morgan fingerprint density at radius 2 is 1.47 bits per heavy atom. The van der Waals surface area contributed by atoms with Gasteiger partial charge in [0.25, 0.3) is 0 Å². The average Bonchev–Trinajstić information content (AvgIpc) is 2.42. The van der Waals surface area contributed by atoms with Gasteiger partial charge in [0.2, 0.25) is 0 Å². The third-order valence-electron chi connectivity index (χ3n) is 6.00. The maximum atomic E-state index is 3.60. The van der Waals surface area contributed by atoms with E-state index in [1.807, 2.05) is 0 Å². The van der Waals surface area contributed by atoms with Crippen LogP contribution < -0.4 is 5.32 Å². The van der Waals surface area contributed by atoms with E-state index < -0.39 is 0 Å². The highest BCUT2D eigenvalue weighted by atomic mass is 14.9. The summed E-state index contributed by atoms with van der Waals surface area (Å²) < 4.78 is 0. The lowest BCUT2D eigenvalue weighted by atomic mass is 9.51. The molecule has 0 unspecified atom stereocenters. The molecular weight excluding hydrogens is 230 g/mol. The minimum Gasteiger partial charge on any atom is -0.385 e. The largest absolute Gasteiger partial charge is 0.385 e. The molecule has 1 heteroatoms.